The number of aliphatic hydroxyl groups is 1. The second-order valence-corrected chi connectivity index (χ2v) is 11.9. The molecule has 4 rings (SSSR count). The van der Waals surface area contributed by atoms with Gasteiger partial charge in [0.15, 0.2) is 11.6 Å². The number of rotatable bonds is 11. The van der Waals surface area contributed by atoms with Gasteiger partial charge in [-0.2, -0.15) is 0 Å². The van der Waals surface area contributed by atoms with Gasteiger partial charge in [-0.05, 0) is 62.8 Å². The predicted octanol–water partition coefficient (Wildman–Crippen LogP) is 3.05. The van der Waals surface area contributed by atoms with Crippen molar-refractivity contribution >= 4 is 17.8 Å². The number of hydrogen-bond acceptors (Lipinski definition) is 7. The largest absolute Gasteiger partial charge is 0.496 e. The number of carbonyl (C=O) groups excluding carboxylic acids is 2. The zero-order chi connectivity index (χ0) is 29.1. The molecule has 2 amide bonds. The van der Waals surface area contributed by atoms with Crippen molar-refractivity contribution in [3.63, 3.8) is 0 Å². The van der Waals surface area contributed by atoms with Gasteiger partial charge in [0, 0.05) is 25.8 Å². The molecule has 0 aliphatic heterocycles. The van der Waals surface area contributed by atoms with Crippen LogP contribution in [0.2, 0.25) is 0 Å². The van der Waals surface area contributed by atoms with Gasteiger partial charge in [-0.15, -0.1) is 0 Å². The van der Waals surface area contributed by atoms with Gasteiger partial charge in [0.1, 0.15) is 5.75 Å². The molecule has 1 aromatic rings. The van der Waals surface area contributed by atoms with Crippen LogP contribution in [0.4, 0.5) is 4.39 Å². The summed E-state index contributed by atoms with van der Waals surface area (Å²) in [7, 11) is 2.92. The zero-order valence-electron chi connectivity index (χ0n) is 23.5. The molecule has 40 heavy (non-hydrogen) atoms. The summed E-state index contributed by atoms with van der Waals surface area (Å²) in [4.78, 5) is 38.2. The SMILES string of the molecule is COc1cc(F)c(OC2CCC(CO)(C(=O)O)CC2)cc1C(=O)N[C@@H]1C[C@@H](OC)C[C@@H]1C(=O)NCC1(C)CCC1. The van der Waals surface area contributed by atoms with Crippen molar-refractivity contribution in [1.29, 1.82) is 0 Å². The van der Waals surface area contributed by atoms with E-state index in [0.29, 0.717) is 32.2 Å². The summed E-state index contributed by atoms with van der Waals surface area (Å²) in [5.41, 5.74) is -1.04. The van der Waals surface area contributed by atoms with E-state index >= 15 is 0 Å². The molecule has 4 N–H and O–H groups in total. The number of amides is 2. The van der Waals surface area contributed by atoms with Crippen LogP contribution < -0.4 is 20.1 Å². The van der Waals surface area contributed by atoms with E-state index in [0.717, 1.165) is 25.3 Å². The number of carboxylic acid groups (broad SMARTS) is 1. The Bertz CT molecular complexity index is 1100. The molecule has 0 radical (unpaired) electrons. The lowest BCUT2D eigenvalue weighted by Crippen LogP contribution is -2.47. The molecular formula is C29H41FN2O8. The lowest BCUT2D eigenvalue weighted by molar-refractivity contribution is -0.155. The topological polar surface area (TPSA) is 143 Å². The fourth-order valence-corrected chi connectivity index (χ4v) is 6.12. The molecule has 0 saturated heterocycles. The normalized spacial score (nSPS) is 29.2. The lowest BCUT2D eigenvalue weighted by atomic mass is 9.70. The first-order valence-corrected chi connectivity index (χ1v) is 14.0. The van der Waals surface area contributed by atoms with Gasteiger partial charge in [0.05, 0.1) is 42.8 Å². The predicted molar refractivity (Wildman–Crippen MR) is 143 cm³/mol. The van der Waals surface area contributed by atoms with Crippen molar-refractivity contribution in [2.24, 2.45) is 16.7 Å². The average Bonchev–Trinajstić information content (AvgIpc) is 3.34. The molecule has 3 atom stereocenters. The smallest absolute Gasteiger partial charge is 0.311 e. The van der Waals surface area contributed by atoms with Gasteiger partial charge in [-0.25, -0.2) is 4.39 Å². The highest BCUT2D eigenvalue weighted by atomic mass is 19.1. The van der Waals surface area contributed by atoms with Crippen molar-refractivity contribution in [3.8, 4) is 11.5 Å². The minimum absolute atomic E-state index is 0.0244. The molecular weight excluding hydrogens is 523 g/mol. The number of benzene rings is 1. The molecule has 0 spiro atoms. The highest BCUT2D eigenvalue weighted by Crippen LogP contribution is 2.40. The first kappa shape index (κ1) is 30.0. The van der Waals surface area contributed by atoms with Crippen LogP contribution in [0.1, 0.15) is 75.1 Å². The first-order valence-electron chi connectivity index (χ1n) is 14.0. The molecule has 1 aromatic carbocycles. The van der Waals surface area contributed by atoms with E-state index in [-0.39, 0.29) is 47.3 Å². The van der Waals surface area contributed by atoms with Crippen LogP contribution in [0.5, 0.6) is 11.5 Å². The third kappa shape index (κ3) is 6.35. The maximum absolute atomic E-state index is 14.9. The fourth-order valence-electron chi connectivity index (χ4n) is 6.12. The van der Waals surface area contributed by atoms with Crippen molar-refractivity contribution in [2.45, 2.75) is 83.0 Å². The Balaban J connectivity index is 1.45. The summed E-state index contributed by atoms with van der Waals surface area (Å²) in [6.45, 7) is 2.28. The highest BCUT2D eigenvalue weighted by Gasteiger charge is 2.43. The molecule has 3 aliphatic rings. The third-order valence-corrected chi connectivity index (χ3v) is 9.19. The van der Waals surface area contributed by atoms with Gasteiger partial charge in [0.25, 0.3) is 5.91 Å². The molecule has 222 valence electrons. The van der Waals surface area contributed by atoms with Crippen LogP contribution in [-0.4, -0.2) is 73.6 Å². The summed E-state index contributed by atoms with van der Waals surface area (Å²) in [6, 6.07) is 1.88. The van der Waals surface area contributed by atoms with E-state index < -0.39 is 47.8 Å². The standard InChI is InChI=1S/C29H41FN2O8/c1-28(7-4-8-28)15-31-25(34)19-11-18(38-2)12-22(19)32-26(35)20-13-24(21(30)14-23(20)39-3)40-17-5-9-29(16-33,10-6-17)27(36)37/h13-14,17-19,22,33H,4-12,15-16H2,1-3H3,(H,31,34)(H,32,35)(H,36,37)/t17?,18-,19-,22+,29?/m0/s1. The molecule has 3 aliphatic carbocycles. The maximum Gasteiger partial charge on any atom is 0.311 e. The van der Waals surface area contributed by atoms with E-state index in [1.54, 1.807) is 7.11 Å². The molecule has 0 heterocycles. The van der Waals surface area contributed by atoms with Crippen molar-refractivity contribution < 1.29 is 43.2 Å². The zero-order valence-corrected chi connectivity index (χ0v) is 23.5. The van der Waals surface area contributed by atoms with Gasteiger partial charge >= 0.3 is 5.97 Å². The summed E-state index contributed by atoms with van der Waals surface area (Å²) in [6.07, 6.45) is 4.63. The van der Waals surface area contributed by atoms with Gasteiger partial charge in [0.2, 0.25) is 5.91 Å². The van der Waals surface area contributed by atoms with Crippen LogP contribution in [0.15, 0.2) is 12.1 Å². The molecule has 10 nitrogen and oxygen atoms in total. The minimum atomic E-state index is -1.22. The van der Waals surface area contributed by atoms with E-state index in [1.165, 1.54) is 13.2 Å². The Morgan fingerprint density at radius 2 is 1.75 bits per heavy atom. The van der Waals surface area contributed by atoms with E-state index in [4.69, 9.17) is 14.2 Å². The van der Waals surface area contributed by atoms with Crippen LogP contribution in [0.25, 0.3) is 0 Å². The number of aliphatic carboxylic acids is 1. The van der Waals surface area contributed by atoms with Gasteiger partial charge in [-0.3, -0.25) is 14.4 Å². The Morgan fingerprint density at radius 1 is 1.05 bits per heavy atom. The Kier molecular flexibility index (Phi) is 9.24. The minimum Gasteiger partial charge on any atom is -0.496 e. The van der Waals surface area contributed by atoms with E-state index in [2.05, 4.69) is 17.6 Å². The fraction of sp³-hybridized carbons (Fsp3) is 0.690. The van der Waals surface area contributed by atoms with Crippen molar-refractivity contribution in [2.75, 3.05) is 27.4 Å². The van der Waals surface area contributed by atoms with Crippen LogP contribution >= 0.6 is 0 Å². The van der Waals surface area contributed by atoms with Crippen molar-refractivity contribution in [1.82, 2.24) is 10.6 Å². The average molecular weight is 565 g/mol. The second-order valence-electron chi connectivity index (χ2n) is 11.9. The second kappa shape index (κ2) is 12.3. The van der Waals surface area contributed by atoms with Crippen LogP contribution in [-0.2, 0) is 14.3 Å². The number of nitrogens with one attached hydrogen (secondary N) is 2. The molecule has 11 heteroatoms. The summed E-state index contributed by atoms with van der Waals surface area (Å²) in [5, 5.41) is 25.1. The summed E-state index contributed by atoms with van der Waals surface area (Å²) < 4.78 is 31.6. The van der Waals surface area contributed by atoms with Crippen molar-refractivity contribution in [3.05, 3.63) is 23.5 Å². The quantitative estimate of drug-likeness (QED) is 0.321. The van der Waals surface area contributed by atoms with Crippen LogP contribution in [0.3, 0.4) is 0 Å². The molecule has 0 aromatic heterocycles. The van der Waals surface area contributed by atoms with E-state index in [9.17, 15) is 29.0 Å². The number of carbonyl (C=O) groups is 3. The van der Waals surface area contributed by atoms with Gasteiger partial charge < -0.3 is 35.1 Å². The highest BCUT2D eigenvalue weighted by molar-refractivity contribution is 5.98. The molecule has 3 saturated carbocycles. The van der Waals surface area contributed by atoms with Gasteiger partial charge in [-0.1, -0.05) is 13.3 Å². The Hall–Kier alpha value is -2.92. The number of methoxy groups -OCH3 is 2. The number of carboxylic acids is 1. The lowest BCUT2D eigenvalue weighted by Gasteiger charge is -2.38. The molecule has 0 bridgehead atoms. The first-order chi connectivity index (χ1) is 19.0. The number of ether oxygens (including phenoxy) is 3. The number of aliphatic hydroxyl groups excluding tert-OH is 1. The summed E-state index contributed by atoms with van der Waals surface area (Å²) >= 11 is 0. The maximum atomic E-state index is 14.9. The molecule has 0 unspecified atom stereocenters. The number of hydrogen-bond donors (Lipinski definition) is 4. The Morgan fingerprint density at radius 3 is 2.30 bits per heavy atom. The monoisotopic (exact) mass is 564 g/mol. The molecule has 3 fully saturated rings. The third-order valence-electron chi connectivity index (χ3n) is 9.19. The Labute approximate surface area is 233 Å². The number of halogens is 1. The van der Waals surface area contributed by atoms with E-state index in [1.807, 2.05) is 0 Å². The van der Waals surface area contributed by atoms with Crippen LogP contribution in [0, 0.1) is 22.6 Å². The summed E-state index contributed by atoms with van der Waals surface area (Å²) in [5.74, 6) is -3.01.